The van der Waals surface area contributed by atoms with Crippen LogP contribution < -0.4 is 0 Å². The molecule has 0 aliphatic rings. The maximum absolute atomic E-state index is 13.2. The lowest BCUT2D eigenvalue weighted by molar-refractivity contribution is -0.206. The number of carbonyl (C=O) groups excluding carboxylic acids is 1. The highest BCUT2D eigenvalue weighted by Crippen LogP contribution is 2.29. The Morgan fingerprint density at radius 2 is 1.66 bits per heavy atom. The SMILES string of the molecule is CCCCCC(OC(=O)c1ccc(-c2ncc(-c3ccccc3O)cn2)cc1)C(F)(F)F. The quantitative estimate of drug-likeness (QED) is 0.332. The molecular weight excluding hydrogens is 421 g/mol. The number of carbonyl (C=O) groups is 1. The molecule has 1 aromatic heterocycles. The first-order valence-corrected chi connectivity index (χ1v) is 10.3. The number of unbranched alkanes of at least 4 members (excludes halogenated alkanes) is 2. The second kappa shape index (κ2) is 10.3. The van der Waals surface area contributed by atoms with E-state index in [4.69, 9.17) is 4.74 Å². The van der Waals surface area contributed by atoms with Crippen molar-refractivity contribution >= 4 is 5.97 Å². The molecule has 0 fully saturated rings. The number of nitrogens with zero attached hydrogens (tertiary/aromatic N) is 2. The van der Waals surface area contributed by atoms with E-state index in [2.05, 4.69) is 9.97 Å². The number of rotatable bonds is 8. The lowest BCUT2D eigenvalue weighted by atomic mass is 10.1. The minimum absolute atomic E-state index is 0.0179. The number of phenolic OH excluding ortho intramolecular Hbond substituents is 1. The van der Waals surface area contributed by atoms with Crippen LogP contribution >= 0.6 is 0 Å². The van der Waals surface area contributed by atoms with Crippen LogP contribution in [0.15, 0.2) is 60.9 Å². The lowest BCUT2D eigenvalue weighted by Gasteiger charge is -2.20. The topological polar surface area (TPSA) is 72.3 Å². The van der Waals surface area contributed by atoms with Crippen LogP contribution in [0, 0.1) is 0 Å². The Bertz CT molecular complexity index is 1040. The molecule has 0 bridgehead atoms. The van der Waals surface area contributed by atoms with Gasteiger partial charge in [0.2, 0.25) is 0 Å². The molecule has 0 saturated carbocycles. The van der Waals surface area contributed by atoms with Gasteiger partial charge in [0.25, 0.3) is 0 Å². The summed E-state index contributed by atoms with van der Waals surface area (Å²) in [6.07, 6.45) is -2.11. The van der Waals surface area contributed by atoms with Gasteiger partial charge in [-0.1, -0.05) is 50.1 Å². The fourth-order valence-electron chi connectivity index (χ4n) is 3.16. The lowest BCUT2D eigenvalue weighted by Crippen LogP contribution is -2.33. The van der Waals surface area contributed by atoms with Gasteiger partial charge < -0.3 is 9.84 Å². The summed E-state index contributed by atoms with van der Waals surface area (Å²) in [7, 11) is 0. The number of hydrogen-bond acceptors (Lipinski definition) is 5. The molecule has 1 atom stereocenters. The minimum Gasteiger partial charge on any atom is -0.507 e. The first kappa shape index (κ1) is 23.2. The first-order chi connectivity index (χ1) is 15.3. The van der Waals surface area contributed by atoms with E-state index in [1.54, 1.807) is 48.8 Å². The van der Waals surface area contributed by atoms with Crippen LogP contribution in [0.1, 0.15) is 43.0 Å². The average Bonchev–Trinajstić information content (AvgIpc) is 2.78. The predicted octanol–water partition coefficient (Wildman–Crippen LogP) is 6.18. The van der Waals surface area contributed by atoms with Crippen molar-refractivity contribution in [1.82, 2.24) is 9.97 Å². The maximum Gasteiger partial charge on any atom is 0.425 e. The summed E-state index contributed by atoms with van der Waals surface area (Å²) in [4.78, 5) is 20.8. The van der Waals surface area contributed by atoms with Gasteiger partial charge in [-0.2, -0.15) is 13.2 Å². The van der Waals surface area contributed by atoms with Crippen molar-refractivity contribution in [1.29, 1.82) is 0 Å². The molecule has 0 saturated heterocycles. The Morgan fingerprint density at radius 1 is 1.00 bits per heavy atom. The number of esters is 1. The largest absolute Gasteiger partial charge is 0.507 e. The third-order valence-electron chi connectivity index (χ3n) is 4.93. The van der Waals surface area contributed by atoms with E-state index >= 15 is 0 Å². The van der Waals surface area contributed by atoms with Crippen LogP contribution in [-0.2, 0) is 4.74 Å². The van der Waals surface area contributed by atoms with E-state index < -0.39 is 18.2 Å². The van der Waals surface area contributed by atoms with Gasteiger partial charge in [-0.15, -0.1) is 0 Å². The molecule has 1 unspecified atom stereocenters. The smallest absolute Gasteiger partial charge is 0.425 e. The van der Waals surface area contributed by atoms with E-state index in [0.717, 1.165) is 6.42 Å². The molecule has 5 nitrogen and oxygen atoms in total. The van der Waals surface area contributed by atoms with E-state index in [-0.39, 0.29) is 17.7 Å². The Labute approximate surface area is 183 Å². The monoisotopic (exact) mass is 444 g/mol. The standard InChI is InChI=1S/C24H23F3N2O3/c1-2-3-4-9-21(24(25,26)27)32-23(31)17-12-10-16(11-13-17)22-28-14-18(15-29-22)19-7-5-6-8-20(19)30/h5-8,10-15,21,30H,2-4,9H2,1H3. The molecule has 0 aliphatic carbocycles. The van der Waals surface area contributed by atoms with Gasteiger partial charge in [-0.3, -0.25) is 0 Å². The zero-order valence-electron chi connectivity index (χ0n) is 17.5. The van der Waals surface area contributed by atoms with Crippen molar-refractivity contribution in [3.8, 4) is 28.3 Å². The number of para-hydroxylation sites is 1. The van der Waals surface area contributed by atoms with Gasteiger partial charge in [-0.25, -0.2) is 14.8 Å². The highest BCUT2D eigenvalue weighted by molar-refractivity contribution is 5.90. The summed E-state index contributed by atoms with van der Waals surface area (Å²) < 4.78 is 44.3. The number of aromatic nitrogens is 2. The summed E-state index contributed by atoms with van der Waals surface area (Å²) in [5.74, 6) is -0.540. The third-order valence-corrected chi connectivity index (χ3v) is 4.93. The van der Waals surface area contributed by atoms with Crippen LogP contribution in [0.3, 0.4) is 0 Å². The van der Waals surface area contributed by atoms with Crippen molar-refractivity contribution in [2.75, 3.05) is 0 Å². The molecule has 0 amide bonds. The highest BCUT2D eigenvalue weighted by Gasteiger charge is 2.42. The van der Waals surface area contributed by atoms with Crippen LogP contribution in [0.4, 0.5) is 13.2 Å². The van der Waals surface area contributed by atoms with Gasteiger partial charge in [0.1, 0.15) is 5.75 Å². The van der Waals surface area contributed by atoms with Crippen LogP contribution in [0.5, 0.6) is 5.75 Å². The van der Waals surface area contributed by atoms with Crippen LogP contribution in [0.2, 0.25) is 0 Å². The maximum atomic E-state index is 13.2. The molecule has 0 aliphatic heterocycles. The molecular formula is C24H23F3N2O3. The Hall–Kier alpha value is -3.42. The first-order valence-electron chi connectivity index (χ1n) is 10.3. The van der Waals surface area contributed by atoms with Gasteiger partial charge in [-0.05, 0) is 31.0 Å². The average molecular weight is 444 g/mol. The normalized spacial score (nSPS) is 12.4. The van der Waals surface area contributed by atoms with Gasteiger partial charge in [0.15, 0.2) is 11.9 Å². The summed E-state index contributed by atoms with van der Waals surface area (Å²) in [5.41, 5.74) is 1.83. The number of benzene rings is 2. The molecule has 1 N–H and O–H groups in total. The van der Waals surface area contributed by atoms with Gasteiger partial charge in [0, 0.05) is 29.1 Å². The van der Waals surface area contributed by atoms with E-state index in [0.29, 0.717) is 35.4 Å². The van der Waals surface area contributed by atoms with Crippen molar-refractivity contribution in [2.24, 2.45) is 0 Å². The fraction of sp³-hybridized carbons (Fsp3) is 0.292. The molecule has 3 aromatic rings. The molecule has 32 heavy (non-hydrogen) atoms. The fourth-order valence-corrected chi connectivity index (χ4v) is 3.16. The number of alkyl halides is 3. The Morgan fingerprint density at radius 3 is 2.25 bits per heavy atom. The summed E-state index contributed by atoms with van der Waals surface area (Å²) in [6, 6.07) is 12.7. The molecule has 168 valence electrons. The second-order valence-electron chi connectivity index (χ2n) is 7.32. The van der Waals surface area contributed by atoms with Crippen LogP contribution in [0.25, 0.3) is 22.5 Å². The van der Waals surface area contributed by atoms with Crippen LogP contribution in [-0.4, -0.2) is 33.3 Å². The summed E-state index contributed by atoms with van der Waals surface area (Å²) in [5, 5.41) is 9.94. The van der Waals surface area contributed by atoms with Gasteiger partial charge in [0.05, 0.1) is 5.56 Å². The Balaban J connectivity index is 1.70. The molecule has 0 spiro atoms. The molecule has 2 aromatic carbocycles. The number of halogens is 3. The van der Waals surface area contributed by atoms with E-state index in [1.807, 2.05) is 6.92 Å². The number of phenols is 1. The zero-order chi connectivity index (χ0) is 23.1. The third kappa shape index (κ3) is 5.84. The van der Waals surface area contributed by atoms with E-state index in [9.17, 15) is 23.1 Å². The van der Waals surface area contributed by atoms with Crippen molar-refractivity contribution in [3.05, 3.63) is 66.5 Å². The number of aromatic hydroxyl groups is 1. The summed E-state index contributed by atoms with van der Waals surface area (Å²) >= 11 is 0. The molecule has 1 heterocycles. The number of hydrogen-bond donors (Lipinski definition) is 1. The van der Waals surface area contributed by atoms with Crippen molar-refractivity contribution < 1.29 is 27.8 Å². The molecule has 8 heteroatoms. The van der Waals surface area contributed by atoms with Gasteiger partial charge >= 0.3 is 12.1 Å². The van der Waals surface area contributed by atoms with E-state index in [1.165, 1.54) is 12.1 Å². The number of ether oxygens (including phenoxy) is 1. The predicted molar refractivity (Wildman–Crippen MR) is 114 cm³/mol. The van der Waals surface area contributed by atoms with Crippen molar-refractivity contribution in [3.63, 3.8) is 0 Å². The second-order valence-corrected chi connectivity index (χ2v) is 7.32. The molecule has 0 radical (unpaired) electrons. The highest BCUT2D eigenvalue weighted by atomic mass is 19.4. The summed E-state index contributed by atoms with van der Waals surface area (Å²) in [6.45, 7) is 1.89. The van der Waals surface area contributed by atoms with Crippen molar-refractivity contribution in [2.45, 2.75) is 44.9 Å². The molecule has 3 rings (SSSR count). The Kier molecular flexibility index (Phi) is 7.45. The zero-order valence-corrected chi connectivity index (χ0v) is 17.5. The minimum atomic E-state index is -4.61.